The Bertz CT molecular complexity index is 677. The lowest BCUT2D eigenvalue weighted by Gasteiger charge is -2.34. The standard InChI is InChI=1S/C25H34O3/c1-6-21(7-2)25(27-18-20-12-10-9-11-13-20)19(4)24(8-3)28-23-16-14-22(26-5)15-17-23/h8-17,19,21,24-25H,3,6-7,18H2,1-2,4-5H3/t19-,24+,25+/m0/s1. The van der Waals surface area contributed by atoms with Crippen LogP contribution in [-0.4, -0.2) is 19.3 Å². The topological polar surface area (TPSA) is 27.7 Å². The van der Waals surface area contributed by atoms with Gasteiger partial charge in [0, 0.05) is 5.92 Å². The zero-order chi connectivity index (χ0) is 20.4. The van der Waals surface area contributed by atoms with Crippen LogP contribution in [0.3, 0.4) is 0 Å². The van der Waals surface area contributed by atoms with Crippen LogP contribution in [0.25, 0.3) is 0 Å². The molecule has 0 bridgehead atoms. The summed E-state index contributed by atoms with van der Waals surface area (Å²) in [5, 5.41) is 0. The van der Waals surface area contributed by atoms with E-state index in [2.05, 4.69) is 39.5 Å². The summed E-state index contributed by atoms with van der Waals surface area (Å²) in [4.78, 5) is 0. The Morgan fingerprint density at radius 3 is 2.07 bits per heavy atom. The molecule has 3 atom stereocenters. The van der Waals surface area contributed by atoms with Crippen molar-refractivity contribution in [3.8, 4) is 11.5 Å². The lowest BCUT2D eigenvalue weighted by atomic mass is 9.85. The molecular weight excluding hydrogens is 348 g/mol. The van der Waals surface area contributed by atoms with Crippen LogP contribution >= 0.6 is 0 Å². The Kier molecular flexibility index (Phi) is 9.09. The fraction of sp³-hybridized carbons (Fsp3) is 0.440. The van der Waals surface area contributed by atoms with Gasteiger partial charge in [-0.1, -0.05) is 76.6 Å². The van der Waals surface area contributed by atoms with Gasteiger partial charge < -0.3 is 14.2 Å². The molecule has 0 spiro atoms. The maximum Gasteiger partial charge on any atom is 0.122 e. The van der Waals surface area contributed by atoms with Gasteiger partial charge in [0.05, 0.1) is 19.8 Å². The van der Waals surface area contributed by atoms with Crippen molar-refractivity contribution in [2.24, 2.45) is 11.8 Å². The number of rotatable bonds is 12. The Morgan fingerprint density at radius 2 is 1.54 bits per heavy atom. The summed E-state index contributed by atoms with van der Waals surface area (Å²) in [6.07, 6.45) is 4.00. The molecular formula is C25H34O3. The molecule has 152 valence electrons. The summed E-state index contributed by atoms with van der Waals surface area (Å²) in [6, 6.07) is 18.0. The van der Waals surface area contributed by atoms with E-state index in [1.165, 1.54) is 5.56 Å². The molecule has 0 saturated heterocycles. The van der Waals surface area contributed by atoms with Gasteiger partial charge in [-0.15, -0.1) is 0 Å². The fourth-order valence-corrected chi connectivity index (χ4v) is 3.61. The van der Waals surface area contributed by atoms with Gasteiger partial charge in [0.15, 0.2) is 0 Å². The minimum Gasteiger partial charge on any atom is -0.497 e. The number of hydrogen-bond acceptors (Lipinski definition) is 3. The highest BCUT2D eigenvalue weighted by Gasteiger charge is 2.31. The van der Waals surface area contributed by atoms with Crippen LogP contribution in [0.2, 0.25) is 0 Å². The monoisotopic (exact) mass is 382 g/mol. The second-order valence-corrected chi connectivity index (χ2v) is 7.19. The molecule has 0 unspecified atom stereocenters. The van der Waals surface area contributed by atoms with Crippen LogP contribution in [0.15, 0.2) is 67.3 Å². The van der Waals surface area contributed by atoms with Crippen LogP contribution in [-0.2, 0) is 11.3 Å². The maximum atomic E-state index is 6.44. The molecule has 3 heteroatoms. The molecule has 0 fully saturated rings. The van der Waals surface area contributed by atoms with Crippen molar-refractivity contribution in [1.29, 1.82) is 0 Å². The van der Waals surface area contributed by atoms with Gasteiger partial charge in [-0.05, 0) is 35.7 Å². The Morgan fingerprint density at radius 1 is 0.929 bits per heavy atom. The molecule has 0 aliphatic carbocycles. The number of methoxy groups -OCH3 is 1. The van der Waals surface area contributed by atoms with Gasteiger partial charge in [-0.2, -0.15) is 0 Å². The highest BCUT2D eigenvalue weighted by Crippen LogP contribution is 2.29. The first kappa shape index (κ1) is 22.0. The lowest BCUT2D eigenvalue weighted by Crippen LogP contribution is -2.38. The van der Waals surface area contributed by atoms with E-state index < -0.39 is 0 Å². The van der Waals surface area contributed by atoms with Gasteiger partial charge in [0.25, 0.3) is 0 Å². The Hall–Kier alpha value is -2.26. The van der Waals surface area contributed by atoms with Crippen LogP contribution < -0.4 is 9.47 Å². The highest BCUT2D eigenvalue weighted by molar-refractivity contribution is 5.31. The fourth-order valence-electron chi connectivity index (χ4n) is 3.61. The molecule has 0 aliphatic rings. The minimum absolute atomic E-state index is 0.0939. The predicted octanol–water partition coefficient (Wildman–Crippen LogP) is 6.29. The zero-order valence-corrected chi connectivity index (χ0v) is 17.6. The summed E-state index contributed by atoms with van der Waals surface area (Å²) in [5.74, 6) is 2.27. The van der Waals surface area contributed by atoms with E-state index in [1.807, 2.05) is 48.5 Å². The third-order valence-electron chi connectivity index (χ3n) is 5.40. The van der Waals surface area contributed by atoms with E-state index in [0.29, 0.717) is 12.5 Å². The number of hydrogen-bond donors (Lipinski definition) is 0. The summed E-state index contributed by atoms with van der Waals surface area (Å²) in [6.45, 7) is 11.3. The third-order valence-corrected chi connectivity index (χ3v) is 5.40. The summed E-state index contributed by atoms with van der Waals surface area (Å²) >= 11 is 0. The van der Waals surface area contributed by atoms with E-state index in [4.69, 9.17) is 14.2 Å². The van der Waals surface area contributed by atoms with Crippen LogP contribution in [0, 0.1) is 11.8 Å². The van der Waals surface area contributed by atoms with Gasteiger partial charge in [0.2, 0.25) is 0 Å². The van der Waals surface area contributed by atoms with Crippen molar-refractivity contribution in [2.45, 2.75) is 52.4 Å². The predicted molar refractivity (Wildman–Crippen MR) is 116 cm³/mol. The SMILES string of the molecule is C=C[C@@H](Oc1ccc(OC)cc1)[C@H](C)[C@@H](OCc1ccccc1)C(CC)CC. The summed E-state index contributed by atoms with van der Waals surface area (Å²) < 4.78 is 17.9. The van der Waals surface area contributed by atoms with Crippen molar-refractivity contribution in [3.05, 3.63) is 72.8 Å². The van der Waals surface area contributed by atoms with E-state index >= 15 is 0 Å². The molecule has 2 aromatic carbocycles. The number of benzene rings is 2. The van der Waals surface area contributed by atoms with Crippen molar-refractivity contribution in [3.63, 3.8) is 0 Å². The molecule has 0 aliphatic heterocycles. The Labute approximate surface area is 170 Å². The number of ether oxygens (including phenoxy) is 3. The second-order valence-electron chi connectivity index (χ2n) is 7.19. The van der Waals surface area contributed by atoms with Crippen LogP contribution in [0.1, 0.15) is 39.2 Å². The first-order valence-electron chi connectivity index (χ1n) is 10.2. The molecule has 0 radical (unpaired) electrons. The molecule has 28 heavy (non-hydrogen) atoms. The minimum atomic E-state index is -0.130. The summed E-state index contributed by atoms with van der Waals surface area (Å²) in [7, 11) is 1.66. The van der Waals surface area contributed by atoms with Crippen molar-refractivity contribution >= 4 is 0 Å². The normalized spacial score (nSPS) is 14.3. The average molecular weight is 383 g/mol. The Balaban J connectivity index is 2.12. The third kappa shape index (κ3) is 6.13. The van der Waals surface area contributed by atoms with E-state index in [0.717, 1.165) is 24.3 Å². The van der Waals surface area contributed by atoms with Crippen molar-refractivity contribution in [1.82, 2.24) is 0 Å². The first-order valence-corrected chi connectivity index (χ1v) is 10.2. The van der Waals surface area contributed by atoms with Crippen LogP contribution in [0.5, 0.6) is 11.5 Å². The van der Waals surface area contributed by atoms with Gasteiger partial charge in [-0.3, -0.25) is 0 Å². The van der Waals surface area contributed by atoms with Crippen LogP contribution in [0.4, 0.5) is 0 Å². The largest absolute Gasteiger partial charge is 0.497 e. The molecule has 0 heterocycles. The van der Waals surface area contributed by atoms with Gasteiger partial charge in [0.1, 0.15) is 17.6 Å². The molecule has 2 aromatic rings. The molecule has 2 rings (SSSR count). The van der Waals surface area contributed by atoms with Crippen molar-refractivity contribution in [2.75, 3.05) is 7.11 Å². The molecule has 0 saturated carbocycles. The molecule has 0 amide bonds. The quantitative estimate of drug-likeness (QED) is 0.404. The average Bonchev–Trinajstić information content (AvgIpc) is 2.75. The van der Waals surface area contributed by atoms with Gasteiger partial charge >= 0.3 is 0 Å². The zero-order valence-electron chi connectivity index (χ0n) is 17.6. The van der Waals surface area contributed by atoms with E-state index in [9.17, 15) is 0 Å². The molecule has 3 nitrogen and oxygen atoms in total. The molecule has 0 N–H and O–H groups in total. The lowest BCUT2D eigenvalue weighted by molar-refractivity contribution is -0.0565. The van der Waals surface area contributed by atoms with E-state index in [1.54, 1.807) is 7.11 Å². The second kappa shape index (κ2) is 11.6. The summed E-state index contributed by atoms with van der Waals surface area (Å²) in [5.41, 5.74) is 1.19. The van der Waals surface area contributed by atoms with Crippen molar-refractivity contribution < 1.29 is 14.2 Å². The van der Waals surface area contributed by atoms with Gasteiger partial charge in [-0.25, -0.2) is 0 Å². The first-order chi connectivity index (χ1) is 13.6. The molecule has 0 aromatic heterocycles. The maximum absolute atomic E-state index is 6.44. The van der Waals surface area contributed by atoms with E-state index in [-0.39, 0.29) is 18.1 Å². The highest BCUT2D eigenvalue weighted by atomic mass is 16.5. The smallest absolute Gasteiger partial charge is 0.122 e.